The Labute approximate surface area is 160 Å². The molecule has 28 heavy (non-hydrogen) atoms. The van der Waals surface area contributed by atoms with Crippen LogP contribution in [0.1, 0.15) is 31.0 Å². The molecule has 2 fully saturated rings. The SMILES string of the molecule is CN1CC[C@]2(CC[C@H](c3cc(-c4cccc5c4OC(F)(F)O5)ccn3)N2)C1=O. The van der Waals surface area contributed by atoms with E-state index in [1.165, 1.54) is 6.07 Å². The van der Waals surface area contributed by atoms with E-state index in [0.717, 1.165) is 31.5 Å². The first-order chi connectivity index (χ1) is 13.4. The van der Waals surface area contributed by atoms with Crippen molar-refractivity contribution in [3.05, 3.63) is 42.2 Å². The molecule has 0 aliphatic carbocycles. The number of ether oxygens (including phenoxy) is 2. The number of likely N-dealkylation sites (N-methyl/N-ethyl adjacent to an activating group) is 1. The van der Waals surface area contributed by atoms with E-state index in [9.17, 15) is 13.6 Å². The topological polar surface area (TPSA) is 63.7 Å². The lowest BCUT2D eigenvalue weighted by molar-refractivity contribution is -0.286. The Hall–Kier alpha value is -2.74. The van der Waals surface area contributed by atoms with Gasteiger partial charge in [0.05, 0.1) is 11.7 Å². The van der Waals surface area contributed by atoms with E-state index in [2.05, 4.69) is 15.0 Å². The molecule has 3 aliphatic heterocycles. The van der Waals surface area contributed by atoms with Crippen molar-refractivity contribution in [3.8, 4) is 22.6 Å². The molecule has 1 aromatic carbocycles. The van der Waals surface area contributed by atoms with Gasteiger partial charge in [-0.25, -0.2) is 0 Å². The molecule has 0 bridgehead atoms. The van der Waals surface area contributed by atoms with Crippen LogP contribution in [0.15, 0.2) is 36.5 Å². The summed E-state index contributed by atoms with van der Waals surface area (Å²) in [5.74, 6) is 0.159. The Kier molecular flexibility index (Phi) is 3.64. The van der Waals surface area contributed by atoms with Crippen molar-refractivity contribution in [1.29, 1.82) is 0 Å². The van der Waals surface area contributed by atoms with Crippen LogP contribution in [0.25, 0.3) is 11.1 Å². The van der Waals surface area contributed by atoms with Crippen molar-refractivity contribution in [1.82, 2.24) is 15.2 Å². The lowest BCUT2D eigenvalue weighted by Crippen LogP contribution is -2.47. The van der Waals surface area contributed by atoms with Crippen LogP contribution < -0.4 is 14.8 Å². The molecule has 0 radical (unpaired) electrons. The molecule has 1 spiro atoms. The summed E-state index contributed by atoms with van der Waals surface area (Å²) in [5.41, 5.74) is 1.49. The Morgan fingerprint density at radius 3 is 2.89 bits per heavy atom. The minimum Gasteiger partial charge on any atom is -0.395 e. The Balaban J connectivity index is 1.45. The van der Waals surface area contributed by atoms with Crippen molar-refractivity contribution in [2.24, 2.45) is 0 Å². The molecule has 0 saturated carbocycles. The summed E-state index contributed by atoms with van der Waals surface area (Å²) in [6.45, 7) is 0.744. The first kappa shape index (κ1) is 17.4. The van der Waals surface area contributed by atoms with Gasteiger partial charge < -0.3 is 14.4 Å². The lowest BCUT2D eigenvalue weighted by atomic mass is 9.96. The molecule has 1 aromatic heterocycles. The number of nitrogens with zero attached hydrogens (tertiary/aromatic N) is 2. The lowest BCUT2D eigenvalue weighted by Gasteiger charge is -2.23. The van der Waals surface area contributed by atoms with E-state index in [4.69, 9.17) is 4.74 Å². The van der Waals surface area contributed by atoms with Gasteiger partial charge in [0.1, 0.15) is 5.54 Å². The smallest absolute Gasteiger partial charge is 0.395 e. The van der Waals surface area contributed by atoms with Crippen LogP contribution >= 0.6 is 0 Å². The molecule has 3 aliphatic rings. The fourth-order valence-electron chi connectivity index (χ4n) is 4.39. The standard InChI is InChI=1S/C20H19F2N3O3/c1-25-10-8-19(18(25)26)7-5-14(24-19)15-11-12(6-9-23-15)13-3-2-4-16-17(13)28-20(21,22)27-16/h2-4,6,9,11,14,24H,5,7-8,10H2,1H3/t14-,19-/m1/s1. The number of nitrogens with one attached hydrogen (secondary N) is 1. The fourth-order valence-corrected chi connectivity index (χ4v) is 4.39. The predicted molar refractivity (Wildman–Crippen MR) is 96.0 cm³/mol. The molecule has 2 atom stereocenters. The van der Waals surface area contributed by atoms with Crippen LogP contribution in [-0.4, -0.2) is 41.2 Å². The Bertz CT molecular complexity index is 967. The van der Waals surface area contributed by atoms with E-state index in [1.807, 2.05) is 13.1 Å². The quantitative estimate of drug-likeness (QED) is 0.858. The second-order valence-corrected chi connectivity index (χ2v) is 7.56. The summed E-state index contributed by atoms with van der Waals surface area (Å²) in [5, 5.41) is 3.48. The molecule has 8 heteroatoms. The van der Waals surface area contributed by atoms with Crippen molar-refractivity contribution < 1.29 is 23.0 Å². The fraction of sp³-hybridized carbons (Fsp3) is 0.400. The minimum absolute atomic E-state index is 0.0124. The number of hydrogen-bond acceptors (Lipinski definition) is 5. The third-order valence-electron chi connectivity index (χ3n) is 5.82. The first-order valence-electron chi connectivity index (χ1n) is 9.25. The van der Waals surface area contributed by atoms with Gasteiger partial charge in [-0.05, 0) is 43.0 Å². The highest BCUT2D eigenvalue weighted by molar-refractivity contribution is 5.88. The number of para-hydroxylation sites is 1. The number of alkyl halides is 2. The highest BCUT2D eigenvalue weighted by atomic mass is 19.3. The molecule has 1 N–H and O–H groups in total. The zero-order valence-corrected chi connectivity index (χ0v) is 15.2. The number of halogens is 2. The highest BCUT2D eigenvalue weighted by Crippen LogP contribution is 2.47. The predicted octanol–water partition coefficient (Wildman–Crippen LogP) is 3.10. The van der Waals surface area contributed by atoms with Gasteiger partial charge >= 0.3 is 6.29 Å². The summed E-state index contributed by atoms with van der Waals surface area (Å²) < 4.78 is 36.2. The molecular weight excluding hydrogens is 368 g/mol. The maximum Gasteiger partial charge on any atom is 0.586 e. The molecule has 2 saturated heterocycles. The summed E-state index contributed by atoms with van der Waals surface area (Å²) in [7, 11) is 1.82. The number of likely N-dealkylation sites (tertiary alicyclic amines) is 1. The Morgan fingerprint density at radius 2 is 2.11 bits per heavy atom. The van der Waals surface area contributed by atoms with Crippen LogP contribution in [0.5, 0.6) is 11.5 Å². The zero-order chi connectivity index (χ0) is 19.5. The van der Waals surface area contributed by atoms with Crippen LogP contribution in [0.3, 0.4) is 0 Å². The normalized spacial score (nSPS) is 27.8. The van der Waals surface area contributed by atoms with Gasteiger partial charge in [-0.1, -0.05) is 12.1 Å². The highest BCUT2D eigenvalue weighted by Gasteiger charge is 2.50. The summed E-state index contributed by atoms with van der Waals surface area (Å²) in [6.07, 6.45) is 0.318. The van der Waals surface area contributed by atoms with Gasteiger partial charge in [0.15, 0.2) is 11.5 Å². The summed E-state index contributed by atoms with van der Waals surface area (Å²) in [6, 6.07) is 8.35. The molecule has 5 rings (SSSR count). The number of carbonyl (C=O) groups excluding carboxylic acids is 1. The van der Waals surface area contributed by atoms with Crippen molar-refractivity contribution in [3.63, 3.8) is 0 Å². The van der Waals surface area contributed by atoms with E-state index in [0.29, 0.717) is 11.1 Å². The molecule has 0 unspecified atom stereocenters. The summed E-state index contributed by atoms with van der Waals surface area (Å²) in [4.78, 5) is 18.7. The molecule has 146 valence electrons. The van der Waals surface area contributed by atoms with Crippen LogP contribution in [0.2, 0.25) is 0 Å². The third kappa shape index (κ3) is 2.63. The van der Waals surface area contributed by atoms with Gasteiger partial charge in [0.25, 0.3) is 0 Å². The second-order valence-electron chi connectivity index (χ2n) is 7.56. The van der Waals surface area contributed by atoms with Gasteiger partial charge in [0.2, 0.25) is 5.91 Å². The second kappa shape index (κ2) is 5.88. The van der Waals surface area contributed by atoms with E-state index in [-0.39, 0.29) is 23.4 Å². The van der Waals surface area contributed by atoms with Crippen LogP contribution in [0, 0.1) is 0 Å². The molecule has 4 heterocycles. The van der Waals surface area contributed by atoms with Crippen LogP contribution in [-0.2, 0) is 4.79 Å². The molecule has 2 aromatic rings. The molecule has 1 amide bonds. The maximum atomic E-state index is 13.5. The van der Waals surface area contributed by atoms with Crippen molar-refractivity contribution >= 4 is 5.91 Å². The monoisotopic (exact) mass is 387 g/mol. The van der Waals surface area contributed by atoms with Crippen LogP contribution in [0.4, 0.5) is 8.78 Å². The van der Waals surface area contributed by atoms with E-state index < -0.39 is 11.8 Å². The molecular formula is C20H19F2N3O3. The number of carbonyl (C=O) groups is 1. The third-order valence-corrected chi connectivity index (χ3v) is 5.82. The van der Waals surface area contributed by atoms with Gasteiger partial charge in [-0.3, -0.25) is 15.1 Å². The van der Waals surface area contributed by atoms with Crippen molar-refractivity contribution in [2.45, 2.75) is 37.1 Å². The van der Waals surface area contributed by atoms with E-state index >= 15 is 0 Å². The van der Waals surface area contributed by atoms with Gasteiger partial charge in [-0.15, -0.1) is 8.78 Å². The zero-order valence-electron chi connectivity index (χ0n) is 15.2. The average molecular weight is 387 g/mol. The van der Waals surface area contributed by atoms with Gasteiger partial charge in [-0.2, -0.15) is 0 Å². The summed E-state index contributed by atoms with van der Waals surface area (Å²) >= 11 is 0. The maximum absolute atomic E-state index is 13.5. The minimum atomic E-state index is -3.66. The van der Waals surface area contributed by atoms with Gasteiger partial charge in [0, 0.05) is 25.4 Å². The number of rotatable bonds is 2. The number of fused-ring (bicyclic) bond motifs is 1. The molecule has 6 nitrogen and oxygen atoms in total. The number of benzene rings is 1. The van der Waals surface area contributed by atoms with Crippen molar-refractivity contribution in [2.75, 3.05) is 13.6 Å². The largest absolute Gasteiger partial charge is 0.586 e. The van der Waals surface area contributed by atoms with E-state index in [1.54, 1.807) is 29.3 Å². The number of amides is 1. The number of hydrogen-bond donors (Lipinski definition) is 1. The first-order valence-corrected chi connectivity index (χ1v) is 9.25. The number of aromatic nitrogens is 1. The number of pyridine rings is 1. The Morgan fingerprint density at radius 1 is 1.25 bits per heavy atom. The average Bonchev–Trinajstić information content (AvgIpc) is 3.33.